The molecule has 138 valence electrons. The lowest BCUT2D eigenvalue weighted by Crippen LogP contribution is -2.49. The van der Waals surface area contributed by atoms with Crippen molar-refractivity contribution < 1.29 is 9.32 Å². The number of halogens is 2. The predicted octanol–water partition coefficient (Wildman–Crippen LogP) is 2.58. The molecule has 1 saturated heterocycles. The third kappa shape index (κ3) is 6.23. The molecule has 0 saturated carbocycles. The van der Waals surface area contributed by atoms with Gasteiger partial charge < -0.3 is 14.7 Å². The molecule has 1 amide bonds. The van der Waals surface area contributed by atoms with Crippen LogP contribution < -0.4 is 5.32 Å². The van der Waals surface area contributed by atoms with Crippen LogP contribution in [0.5, 0.6) is 0 Å². The van der Waals surface area contributed by atoms with E-state index in [-0.39, 0.29) is 30.7 Å². The molecule has 0 spiro atoms. The van der Waals surface area contributed by atoms with Crippen molar-refractivity contribution >= 4 is 36.4 Å². The van der Waals surface area contributed by atoms with E-state index in [1.165, 1.54) is 0 Å². The zero-order chi connectivity index (χ0) is 16.1. The molecular weight excluding hydrogens is 363 g/mol. The molecule has 1 aliphatic heterocycles. The molecule has 0 unspecified atom stereocenters. The Kier molecular flexibility index (Phi) is 8.75. The number of benzene rings is 1. The van der Waals surface area contributed by atoms with Gasteiger partial charge in [0.1, 0.15) is 0 Å². The average Bonchev–Trinajstić information content (AvgIpc) is 2.99. The van der Waals surface area contributed by atoms with Crippen molar-refractivity contribution in [3.8, 4) is 0 Å². The van der Waals surface area contributed by atoms with Gasteiger partial charge in [-0.1, -0.05) is 23.4 Å². The number of aromatic nitrogens is 1. The first-order chi connectivity index (χ1) is 11.2. The fourth-order valence-electron chi connectivity index (χ4n) is 2.71. The van der Waals surface area contributed by atoms with Crippen molar-refractivity contribution in [3.05, 3.63) is 47.9 Å². The van der Waals surface area contributed by atoms with Crippen molar-refractivity contribution in [1.82, 2.24) is 15.0 Å². The minimum Gasteiger partial charge on any atom is -0.376 e. The first-order valence-electron chi connectivity index (χ1n) is 7.92. The Balaban J connectivity index is 0.00000156. The molecule has 1 aliphatic rings. The summed E-state index contributed by atoms with van der Waals surface area (Å²) in [5.74, 6) is 1.03. The Morgan fingerprint density at radius 2 is 1.84 bits per heavy atom. The number of carbonyl (C=O) groups excluding carboxylic acids is 1. The van der Waals surface area contributed by atoms with Crippen LogP contribution in [0, 0.1) is 6.92 Å². The van der Waals surface area contributed by atoms with Crippen molar-refractivity contribution in [2.75, 3.05) is 38.0 Å². The molecule has 2 heterocycles. The van der Waals surface area contributed by atoms with E-state index in [2.05, 4.69) is 15.4 Å². The molecule has 3 rings (SSSR count). The highest BCUT2D eigenvalue weighted by Gasteiger charge is 2.21. The van der Waals surface area contributed by atoms with Gasteiger partial charge >= 0.3 is 0 Å². The number of hydrogen-bond donors (Lipinski definition) is 1. The number of para-hydroxylation sites is 1. The van der Waals surface area contributed by atoms with Gasteiger partial charge in [-0.2, -0.15) is 0 Å². The second kappa shape index (κ2) is 10.3. The van der Waals surface area contributed by atoms with Crippen molar-refractivity contribution in [1.29, 1.82) is 0 Å². The molecule has 2 aromatic rings. The monoisotopic (exact) mass is 386 g/mol. The first-order valence-corrected chi connectivity index (χ1v) is 7.92. The molecule has 1 fully saturated rings. The number of piperazine rings is 1. The van der Waals surface area contributed by atoms with E-state index in [9.17, 15) is 4.79 Å². The Labute approximate surface area is 160 Å². The lowest BCUT2D eigenvalue weighted by molar-refractivity contribution is -0.131. The van der Waals surface area contributed by atoms with Gasteiger partial charge in [-0.05, 0) is 19.1 Å². The largest absolute Gasteiger partial charge is 0.376 e. The summed E-state index contributed by atoms with van der Waals surface area (Å²) in [5, 5.41) is 7.07. The van der Waals surface area contributed by atoms with Crippen LogP contribution in [0.3, 0.4) is 0 Å². The second-order valence-electron chi connectivity index (χ2n) is 5.81. The van der Waals surface area contributed by atoms with E-state index in [4.69, 9.17) is 4.52 Å². The van der Waals surface area contributed by atoms with Gasteiger partial charge in [0, 0.05) is 37.9 Å². The summed E-state index contributed by atoms with van der Waals surface area (Å²) in [5.41, 5.74) is 1.88. The summed E-state index contributed by atoms with van der Waals surface area (Å²) < 4.78 is 5.25. The molecule has 0 aliphatic carbocycles. The van der Waals surface area contributed by atoms with Crippen LogP contribution in [-0.4, -0.2) is 53.6 Å². The molecule has 6 nitrogen and oxygen atoms in total. The number of hydrogen-bond acceptors (Lipinski definition) is 5. The van der Waals surface area contributed by atoms with Crippen LogP contribution in [0.1, 0.15) is 11.5 Å². The van der Waals surface area contributed by atoms with Crippen LogP contribution >= 0.6 is 24.8 Å². The van der Waals surface area contributed by atoms with E-state index >= 15 is 0 Å². The van der Waals surface area contributed by atoms with Gasteiger partial charge in [-0.15, -0.1) is 24.8 Å². The lowest BCUT2D eigenvalue weighted by Gasteiger charge is -2.34. The summed E-state index contributed by atoms with van der Waals surface area (Å²) in [4.78, 5) is 16.5. The summed E-state index contributed by atoms with van der Waals surface area (Å²) in [7, 11) is 0. The maximum atomic E-state index is 12.3. The number of rotatable bonds is 5. The molecule has 1 aromatic carbocycles. The van der Waals surface area contributed by atoms with E-state index in [1.807, 2.05) is 48.2 Å². The Morgan fingerprint density at radius 1 is 1.16 bits per heavy atom. The quantitative estimate of drug-likeness (QED) is 0.855. The number of anilines is 1. The summed E-state index contributed by atoms with van der Waals surface area (Å²) in [6, 6.07) is 11.8. The maximum Gasteiger partial charge on any atom is 0.241 e. The minimum absolute atomic E-state index is 0. The second-order valence-corrected chi connectivity index (χ2v) is 5.81. The molecular formula is C17H24Cl2N4O2. The number of carbonyl (C=O) groups is 1. The summed E-state index contributed by atoms with van der Waals surface area (Å²) in [6.45, 7) is 6.23. The van der Waals surface area contributed by atoms with Gasteiger partial charge in [0.25, 0.3) is 0 Å². The van der Waals surface area contributed by atoms with E-state index < -0.39 is 0 Å². The topological polar surface area (TPSA) is 61.6 Å². The van der Waals surface area contributed by atoms with E-state index in [0.717, 1.165) is 49.9 Å². The molecule has 25 heavy (non-hydrogen) atoms. The highest BCUT2D eigenvalue weighted by atomic mass is 35.5. The molecule has 0 radical (unpaired) electrons. The van der Waals surface area contributed by atoms with E-state index in [0.29, 0.717) is 6.54 Å². The summed E-state index contributed by atoms with van der Waals surface area (Å²) >= 11 is 0. The fourth-order valence-corrected chi connectivity index (χ4v) is 2.71. The number of nitrogens with one attached hydrogen (secondary N) is 1. The smallest absolute Gasteiger partial charge is 0.241 e. The van der Waals surface area contributed by atoms with Gasteiger partial charge in [-0.25, -0.2) is 0 Å². The van der Waals surface area contributed by atoms with Gasteiger partial charge in [-0.3, -0.25) is 9.69 Å². The third-order valence-corrected chi connectivity index (χ3v) is 4.00. The normalized spacial score (nSPS) is 14.4. The Morgan fingerprint density at radius 3 is 2.44 bits per heavy atom. The zero-order valence-corrected chi connectivity index (χ0v) is 15.8. The third-order valence-electron chi connectivity index (χ3n) is 4.00. The van der Waals surface area contributed by atoms with Gasteiger partial charge in [0.05, 0.1) is 18.8 Å². The fraction of sp³-hybridized carbons (Fsp3) is 0.412. The molecule has 0 atom stereocenters. The standard InChI is InChI=1S/C17H22N4O2.2ClH/c1-14-11-16(23-19-14)13-20-7-9-21(10-8-20)17(22)12-18-15-5-3-2-4-6-15;;/h2-6,11,18H,7-10,12-13H2,1H3;2*1H. The zero-order valence-electron chi connectivity index (χ0n) is 14.2. The average molecular weight is 387 g/mol. The SMILES string of the molecule is Cc1cc(CN2CCN(C(=O)CNc3ccccc3)CC2)on1.Cl.Cl. The predicted molar refractivity (Wildman–Crippen MR) is 103 cm³/mol. The van der Waals surface area contributed by atoms with Crippen LogP contribution in [0.4, 0.5) is 5.69 Å². The highest BCUT2D eigenvalue weighted by molar-refractivity contribution is 5.85. The van der Waals surface area contributed by atoms with Crippen molar-refractivity contribution in [2.24, 2.45) is 0 Å². The van der Waals surface area contributed by atoms with Crippen molar-refractivity contribution in [3.63, 3.8) is 0 Å². The molecule has 1 N–H and O–H groups in total. The van der Waals surface area contributed by atoms with Gasteiger partial charge in [0.2, 0.25) is 5.91 Å². The highest BCUT2D eigenvalue weighted by Crippen LogP contribution is 2.10. The molecule has 0 bridgehead atoms. The molecule has 1 aromatic heterocycles. The van der Waals surface area contributed by atoms with Crippen LogP contribution in [0.25, 0.3) is 0 Å². The summed E-state index contributed by atoms with van der Waals surface area (Å²) in [6.07, 6.45) is 0. The van der Waals surface area contributed by atoms with Crippen molar-refractivity contribution in [2.45, 2.75) is 13.5 Å². The number of nitrogens with zero attached hydrogens (tertiary/aromatic N) is 3. The number of amides is 1. The maximum absolute atomic E-state index is 12.3. The van der Waals surface area contributed by atoms with Crippen LogP contribution in [0.2, 0.25) is 0 Å². The van der Waals surface area contributed by atoms with Gasteiger partial charge in [0.15, 0.2) is 5.76 Å². The van der Waals surface area contributed by atoms with Crippen LogP contribution in [-0.2, 0) is 11.3 Å². The van der Waals surface area contributed by atoms with E-state index in [1.54, 1.807) is 0 Å². The van der Waals surface area contributed by atoms with Crippen LogP contribution in [0.15, 0.2) is 40.9 Å². The first kappa shape index (κ1) is 21.3. The minimum atomic E-state index is 0. The Bertz CT molecular complexity index is 643. The molecule has 8 heteroatoms. The Hall–Kier alpha value is -1.76. The number of aryl methyl sites for hydroxylation is 1. The lowest BCUT2D eigenvalue weighted by atomic mass is 10.2.